The molecule has 0 bridgehead atoms. The fourth-order valence-corrected chi connectivity index (χ4v) is 3.76. The molecule has 0 radical (unpaired) electrons. The molecule has 3 aromatic rings. The molecule has 0 aliphatic rings. The minimum absolute atomic E-state index is 0.0366. The molecule has 0 aromatic carbocycles. The van der Waals surface area contributed by atoms with Crippen molar-refractivity contribution in [1.82, 2.24) is 15.0 Å². The summed E-state index contributed by atoms with van der Waals surface area (Å²) in [5.41, 5.74) is 10.8. The van der Waals surface area contributed by atoms with Gasteiger partial charge in [-0.05, 0) is 77.9 Å². The van der Waals surface area contributed by atoms with E-state index >= 15 is 0 Å². The van der Waals surface area contributed by atoms with Crippen LogP contribution in [0.5, 0.6) is 0 Å². The van der Waals surface area contributed by atoms with Crippen molar-refractivity contribution in [3.8, 4) is 0 Å². The normalized spacial score (nSPS) is 11.3. The number of nitrogen functional groups attached to an aromatic ring is 2. The highest BCUT2D eigenvalue weighted by Crippen LogP contribution is 2.20. The molecule has 3 rings (SSSR count). The summed E-state index contributed by atoms with van der Waals surface area (Å²) in [5.74, 6) is 0.0262. The number of carbonyl (C=O) groups is 4. The number of nitrogens with zero attached hydrogens (tertiary/aromatic N) is 5. The van der Waals surface area contributed by atoms with Gasteiger partial charge in [0.2, 0.25) is 11.8 Å². The first-order chi connectivity index (χ1) is 21.5. The van der Waals surface area contributed by atoms with Crippen molar-refractivity contribution < 1.29 is 28.7 Å². The van der Waals surface area contributed by atoms with Crippen LogP contribution in [0.4, 0.5) is 44.2 Å². The van der Waals surface area contributed by atoms with Crippen LogP contribution in [0, 0.1) is 0 Å². The molecular formula is C31H41N9O6. The molecule has 0 saturated carbocycles. The molecule has 4 amide bonds. The molecule has 0 atom stereocenters. The zero-order valence-corrected chi connectivity index (χ0v) is 26.9. The number of anilines is 6. The van der Waals surface area contributed by atoms with E-state index in [-0.39, 0.29) is 49.2 Å². The molecule has 3 aromatic heterocycles. The minimum Gasteiger partial charge on any atom is -0.443 e. The van der Waals surface area contributed by atoms with E-state index in [1.807, 2.05) is 0 Å². The average molecular weight is 636 g/mol. The van der Waals surface area contributed by atoms with E-state index in [0.717, 1.165) is 0 Å². The zero-order valence-electron chi connectivity index (χ0n) is 26.9. The maximum Gasteiger partial charge on any atom is 0.416 e. The Hall–Kier alpha value is -5.47. The summed E-state index contributed by atoms with van der Waals surface area (Å²) >= 11 is 0. The zero-order chi connectivity index (χ0) is 34.1. The third-order valence-electron chi connectivity index (χ3n) is 5.73. The molecule has 0 aliphatic heterocycles. The lowest BCUT2D eigenvalue weighted by Crippen LogP contribution is -2.39. The Morgan fingerprint density at radius 1 is 0.674 bits per heavy atom. The van der Waals surface area contributed by atoms with Crippen LogP contribution in [-0.2, 0) is 19.1 Å². The van der Waals surface area contributed by atoms with Crippen LogP contribution >= 0.6 is 0 Å². The predicted octanol–water partition coefficient (Wildman–Crippen LogP) is 4.58. The van der Waals surface area contributed by atoms with Crippen LogP contribution < -0.4 is 31.9 Å². The van der Waals surface area contributed by atoms with E-state index in [4.69, 9.17) is 20.9 Å². The summed E-state index contributed by atoms with van der Waals surface area (Å²) in [6.07, 6.45) is 1.25. The second kappa shape index (κ2) is 15.0. The van der Waals surface area contributed by atoms with Gasteiger partial charge in [0.15, 0.2) is 0 Å². The summed E-state index contributed by atoms with van der Waals surface area (Å²) in [4.78, 5) is 66.5. The number of pyridine rings is 3. The second-order valence-corrected chi connectivity index (χ2v) is 12.2. The molecule has 15 heteroatoms. The van der Waals surface area contributed by atoms with Gasteiger partial charge in [-0.3, -0.25) is 19.4 Å². The maximum absolute atomic E-state index is 12.9. The van der Waals surface area contributed by atoms with Gasteiger partial charge in [0, 0.05) is 25.9 Å². The topological polar surface area (TPSA) is 208 Å². The van der Waals surface area contributed by atoms with Gasteiger partial charge in [-0.1, -0.05) is 6.07 Å². The van der Waals surface area contributed by atoms with E-state index in [2.05, 4.69) is 25.6 Å². The number of carbonyl (C=O) groups excluding carboxylic acids is 4. The monoisotopic (exact) mass is 635 g/mol. The van der Waals surface area contributed by atoms with E-state index in [1.54, 1.807) is 84.0 Å². The molecule has 0 aliphatic carbocycles. The largest absolute Gasteiger partial charge is 0.443 e. The van der Waals surface area contributed by atoms with Crippen molar-refractivity contribution in [3.63, 3.8) is 0 Å². The highest BCUT2D eigenvalue weighted by Gasteiger charge is 2.26. The fourth-order valence-electron chi connectivity index (χ4n) is 3.76. The summed E-state index contributed by atoms with van der Waals surface area (Å²) in [7, 11) is 0. The number of rotatable bonds is 10. The molecular weight excluding hydrogens is 594 g/mol. The Kier molecular flexibility index (Phi) is 11.4. The van der Waals surface area contributed by atoms with Gasteiger partial charge in [-0.2, -0.15) is 0 Å². The van der Waals surface area contributed by atoms with Crippen LogP contribution in [0.2, 0.25) is 0 Å². The molecule has 6 N–H and O–H groups in total. The van der Waals surface area contributed by atoms with Crippen LogP contribution in [0.25, 0.3) is 0 Å². The second-order valence-electron chi connectivity index (χ2n) is 12.2. The van der Waals surface area contributed by atoms with Crippen LogP contribution in [0.3, 0.4) is 0 Å². The van der Waals surface area contributed by atoms with Crippen LogP contribution in [0.15, 0.2) is 54.9 Å². The summed E-state index contributed by atoms with van der Waals surface area (Å²) < 4.78 is 11.0. The van der Waals surface area contributed by atoms with Gasteiger partial charge in [0.25, 0.3) is 0 Å². The lowest BCUT2D eigenvalue weighted by Gasteiger charge is -2.26. The Morgan fingerprint density at radius 2 is 1.07 bits per heavy atom. The Morgan fingerprint density at radius 3 is 1.39 bits per heavy atom. The third-order valence-corrected chi connectivity index (χ3v) is 5.73. The standard InChI is InChI=1S/C31H41N9O6/c1-30(2,3)45-28(43)39(24-12-10-20(32)18-34-24)16-14-26(41)37-22-8-7-9-23(36-22)38-27(42)15-17-40(29(44)46-31(4,5)6)25-13-11-21(33)19-35-25/h7-13,18-19H,14-17,32-33H2,1-6H3,(H2,36,37,38,41,42). The molecule has 0 saturated heterocycles. The van der Waals surface area contributed by atoms with Gasteiger partial charge >= 0.3 is 12.2 Å². The van der Waals surface area contributed by atoms with Crippen molar-refractivity contribution >= 4 is 58.6 Å². The Bertz CT molecular complexity index is 1410. The molecule has 15 nitrogen and oxygen atoms in total. The number of nitrogens with one attached hydrogen (secondary N) is 2. The number of aromatic nitrogens is 3. The lowest BCUT2D eigenvalue weighted by molar-refractivity contribution is -0.116. The fraction of sp³-hybridized carbons (Fsp3) is 0.387. The smallest absolute Gasteiger partial charge is 0.416 e. The quantitative estimate of drug-likeness (QED) is 0.242. The summed E-state index contributed by atoms with van der Waals surface area (Å²) in [5, 5.41) is 5.33. The first-order valence-corrected chi connectivity index (χ1v) is 14.5. The summed E-state index contributed by atoms with van der Waals surface area (Å²) in [6.45, 7) is 10.3. The highest BCUT2D eigenvalue weighted by atomic mass is 16.6. The van der Waals surface area contributed by atoms with E-state index in [0.29, 0.717) is 11.4 Å². The van der Waals surface area contributed by atoms with Crippen LogP contribution in [-0.4, -0.2) is 63.2 Å². The van der Waals surface area contributed by atoms with Crippen molar-refractivity contribution in [3.05, 3.63) is 54.9 Å². The number of hydrogen-bond donors (Lipinski definition) is 4. The predicted molar refractivity (Wildman–Crippen MR) is 175 cm³/mol. The average Bonchev–Trinajstić information content (AvgIpc) is 2.93. The van der Waals surface area contributed by atoms with E-state index in [1.165, 1.54) is 22.2 Å². The van der Waals surface area contributed by atoms with Gasteiger partial charge in [0.05, 0.1) is 23.8 Å². The third kappa shape index (κ3) is 11.6. The Balaban J connectivity index is 1.61. The molecule has 0 fully saturated rings. The first kappa shape index (κ1) is 35.0. The van der Waals surface area contributed by atoms with Gasteiger partial charge in [0.1, 0.15) is 34.5 Å². The van der Waals surface area contributed by atoms with Crippen molar-refractivity contribution in [2.75, 3.05) is 45.0 Å². The van der Waals surface area contributed by atoms with Crippen molar-refractivity contribution in [1.29, 1.82) is 0 Å². The van der Waals surface area contributed by atoms with Crippen LogP contribution in [0.1, 0.15) is 54.4 Å². The number of nitrogens with two attached hydrogens (primary N) is 2. The van der Waals surface area contributed by atoms with Gasteiger partial charge < -0.3 is 31.6 Å². The molecule has 0 unspecified atom stereocenters. The molecule has 0 spiro atoms. The van der Waals surface area contributed by atoms with E-state index in [9.17, 15) is 19.2 Å². The van der Waals surface area contributed by atoms with E-state index < -0.39 is 35.2 Å². The van der Waals surface area contributed by atoms with Gasteiger partial charge in [-0.15, -0.1) is 0 Å². The molecule has 3 heterocycles. The molecule has 246 valence electrons. The highest BCUT2D eigenvalue weighted by molar-refractivity contribution is 5.94. The minimum atomic E-state index is -0.763. The maximum atomic E-state index is 12.9. The first-order valence-electron chi connectivity index (χ1n) is 14.5. The number of amides is 4. The number of hydrogen-bond acceptors (Lipinski definition) is 11. The molecule has 46 heavy (non-hydrogen) atoms. The van der Waals surface area contributed by atoms with Gasteiger partial charge in [-0.25, -0.2) is 24.5 Å². The van der Waals surface area contributed by atoms with Crippen molar-refractivity contribution in [2.45, 2.75) is 65.6 Å². The van der Waals surface area contributed by atoms with Crippen molar-refractivity contribution in [2.24, 2.45) is 0 Å². The Labute approximate surface area is 267 Å². The summed E-state index contributed by atoms with van der Waals surface area (Å²) in [6, 6.07) is 11.0. The lowest BCUT2D eigenvalue weighted by atomic mass is 10.2. The number of ether oxygens (including phenoxy) is 2. The SMILES string of the molecule is CC(C)(C)OC(=O)N(CCC(=O)Nc1cccc(NC(=O)CCN(C(=O)OC(C)(C)C)c2ccc(N)cn2)n1)c1ccc(N)cn1.